The SMILES string of the molecule is Cc1c(CO[Si](C(C)C)(C(C)C)C(C)C)oc(=O)c2ccccc12. The first kappa shape index (κ1) is 18.9. The van der Waals surface area contributed by atoms with Gasteiger partial charge in [0.05, 0.1) is 12.0 Å². The molecule has 0 saturated heterocycles. The van der Waals surface area contributed by atoms with E-state index >= 15 is 0 Å². The van der Waals surface area contributed by atoms with E-state index in [1.54, 1.807) is 0 Å². The van der Waals surface area contributed by atoms with Crippen molar-refractivity contribution in [2.24, 2.45) is 0 Å². The Morgan fingerprint density at radius 2 is 1.46 bits per heavy atom. The molecule has 0 aliphatic rings. The molecule has 4 heteroatoms. The lowest BCUT2D eigenvalue weighted by Crippen LogP contribution is -2.47. The summed E-state index contributed by atoms with van der Waals surface area (Å²) in [6, 6.07) is 7.61. The largest absolute Gasteiger partial charge is 0.425 e. The molecule has 0 spiro atoms. The van der Waals surface area contributed by atoms with Gasteiger partial charge in [-0.15, -0.1) is 0 Å². The van der Waals surface area contributed by atoms with Crippen LogP contribution in [0.25, 0.3) is 10.8 Å². The van der Waals surface area contributed by atoms with Crippen LogP contribution in [0.4, 0.5) is 0 Å². The quantitative estimate of drug-likeness (QED) is 0.621. The van der Waals surface area contributed by atoms with Crippen LogP contribution in [-0.2, 0) is 11.0 Å². The molecule has 0 aliphatic heterocycles. The minimum atomic E-state index is -1.98. The molecule has 0 unspecified atom stereocenters. The molecule has 2 rings (SSSR count). The van der Waals surface area contributed by atoms with Crippen LogP contribution in [0.2, 0.25) is 16.6 Å². The summed E-state index contributed by atoms with van der Waals surface area (Å²) < 4.78 is 12.2. The van der Waals surface area contributed by atoms with Crippen molar-refractivity contribution in [3.05, 3.63) is 46.0 Å². The highest BCUT2D eigenvalue weighted by molar-refractivity contribution is 6.77. The van der Waals surface area contributed by atoms with Crippen LogP contribution < -0.4 is 5.63 Å². The maximum atomic E-state index is 12.3. The molecule has 0 aliphatic carbocycles. The van der Waals surface area contributed by atoms with Crippen molar-refractivity contribution in [3.63, 3.8) is 0 Å². The molecule has 1 heterocycles. The summed E-state index contributed by atoms with van der Waals surface area (Å²) in [5.41, 5.74) is 2.24. The summed E-state index contributed by atoms with van der Waals surface area (Å²) in [5.74, 6) is 0.664. The topological polar surface area (TPSA) is 39.4 Å². The predicted octanol–water partition coefficient (Wildman–Crippen LogP) is 5.79. The highest BCUT2D eigenvalue weighted by atomic mass is 28.4. The molecular weight excluding hydrogens is 316 g/mol. The van der Waals surface area contributed by atoms with Crippen molar-refractivity contribution in [1.82, 2.24) is 0 Å². The van der Waals surface area contributed by atoms with Crippen LogP contribution >= 0.6 is 0 Å². The van der Waals surface area contributed by atoms with Gasteiger partial charge in [-0.2, -0.15) is 0 Å². The molecule has 3 nitrogen and oxygen atoms in total. The molecule has 1 aromatic heterocycles. The van der Waals surface area contributed by atoms with Crippen LogP contribution in [0.1, 0.15) is 52.9 Å². The Kier molecular flexibility index (Phi) is 5.71. The zero-order chi connectivity index (χ0) is 18.1. The number of fused-ring (bicyclic) bond motifs is 1. The highest BCUT2D eigenvalue weighted by Gasteiger charge is 2.45. The molecule has 0 saturated carbocycles. The minimum absolute atomic E-state index is 0.277. The minimum Gasteiger partial charge on any atom is -0.425 e. The Hall–Kier alpha value is -1.39. The van der Waals surface area contributed by atoms with Gasteiger partial charge in [0.2, 0.25) is 8.32 Å². The van der Waals surface area contributed by atoms with Crippen molar-refractivity contribution in [1.29, 1.82) is 0 Å². The monoisotopic (exact) mass is 346 g/mol. The number of hydrogen-bond acceptors (Lipinski definition) is 3. The van der Waals surface area contributed by atoms with Gasteiger partial charge in [0.15, 0.2) is 0 Å². The van der Waals surface area contributed by atoms with Gasteiger partial charge >= 0.3 is 5.63 Å². The average Bonchev–Trinajstić information content (AvgIpc) is 2.51. The third-order valence-electron chi connectivity index (χ3n) is 5.35. The number of hydrogen-bond donors (Lipinski definition) is 0. The van der Waals surface area contributed by atoms with Gasteiger partial charge in [-0.25, -0.2) is 4.79 Å². The highest BCUT2D eigenvalue weighted by Crippen LogP contribution is 2.42. The second kappa shape index (κ2) is 7.24. The summed E-state index contributed by atoms with van der Waals surface area (Å²) in [7, 11) is -1.98. The van der Waals surface area contributed by atoms with E-state index in [9.17, 15) is 4.79 Å². The third-order valence-corrected chi connectivity index (χ3v) is 11.4. The maximum absolute atomic E-state index is 12.3. The summed E-state index contributed by atoms with van der Waals surface area (Å²) in [4.78, 5) is 12.3. The van der Waals surface area contributed by atoms with Crippen LogP contribution in [0.15, 0.2) is 33.5 Å². The molecule has 2 aromatic rings. The molecule has 0 N–H and O–H groups in total. The smallest absolute Gasteiger partial charge is 0.343 e. The molecule has 0 atom stereocenters. The second-order valence-electron chi connectivity index (χ2n) is 7.59. The molecule has 0 fully saturated rings. The Balaban J connectivity index is 2.42. The fourth-order valence-electron chi connectivity index (χ4n) is 4.21. The van der Waals surface area contributed by atoms with E-state index in [-0.39, 0.29) is 5.63 Å². The van der Waals surface area contributed by atoms with E-state index < -0.39 is 8.32 Å². The van der Waals surface area contributed by atoms with Gasteiger partial charge in [-0.3, -0.25) is 0 Å². The van der Waals surface area contributed by atoms with E-state index in [2.05, 4.69) is 41.5 Å². The van der Waals surface area contributed by atoms with Gasteiger partial charge in [0.25, 0.3) is 0 Å². The summed E-state index contributed by atoms with van der Waals surface area (Å²) in [6.07, 6.45) is 0. The number of aryl methyl sites for hydroxylation is 1. The molecule has 0 bridgehead atoms. The third kappa shape index (κ3) is 3.22. The maximum Gasteiger partial charge on any atom is 0.343 e. The first-order chi connectivity index (χ1) is 11.2. The second-order valence-corrected chi connectivity index (χ2v) is 13.0. The van der Waals surface area contributed by atoms with Crippen LogP contribution in [-0.4, -0.2) is 8.32 Å². The summed E-state index contributed by atoms with van der Waals surface area (Å²) in [5, 5.41) is 1.59. The Morgan fingerprint density at radius 3 is 1.96 bits per heavy atom. The normalized spacial score (nSPS) is 12.8. The lowest BCUT2D eigenvalue weighted by Gasteiger charge is -2.42. The van der Waals surface area contributed by atoms with Gasteiger partial charge in [-0.1, -0.05) is 59.7 Å². The average molecular weight is 347 g/mol. The van der Waals surface area contributed by atoms with E-state index in [0.717, 1.165) is 10.9 Å². The first-order valence-electron chi connectivity index (χ1n) is 8.87. The van der Waals surface area contributed by atoms with Crippen LogP contribution in [0.3, 0.4) is 0 Å². The standard InChI is InChI=1S/C20H30O3Si/c1-13(2)24(14(3)4,15(5)6)22-12-19-16(7)17-10-8-9-11-18(17)20(21)23-19/h8-11,13-15H,12H2,1-7H3. The van der Waals surface area contributed by atoms with E-state index in [1.165, 1.54) is 0 Å². The molecule has 1 aromatic carbocycles. The van der Waals surface area contributed by atoms with E-state index in [0.29, 0.717) is 34.4 Å². The van der Waals surface area contributed by atoms with Crippen molar-refractivity contribution in [2.75, 3.05) is 0 Å². The van der Waals surface area contributed by atoms with Crippen molar-refractivity contribution >= 4 is 19.1 Å². The Labute approximate surface area is 146 Å². The fraction of sp³-hybridized carbons (Fsp3) is 0.550. The van der Waals surface area contributed by atoms with Gasteiger partial charge in [0, 0.05) is 0 Å². The molecule has 132 valence electrons. The van der Waals surface area contributed by atoms with Crippen molar-refractivity contribution < 1.29 is 8.84 Å². The number of benzene rings is 1. The number of rotatable bonds is 6. The molecular formula is C20H30O3Si. The van der Waals surface area contributed by atoms with Crippen LogP contribution in [0.5, 0.6) is 0 Å². The zero-order valence-corrected chi connectivity index (χ0v) is 17.0. The van der Waals surface area contributed by atoms with Gasteiger partial charge < -0.3 is 8.84 Å². The van der Waals surface area contributed by atoms with E-state index in [1.807, 2.05) is 31.2 Å². The van der Waals surface area contributed by atoms with Crippen LogP contribution in [0, 0.1) is 6.92 Å². The Morgan fingerprint density at radius 1 is 0.958 bits per heavy atom. The van der Waals surface area contributed by atoms with Gasteiger partial charge in [0.1, 0.15) is 5.76 Å². The van der Waals surface area contributed by atoms with Crippen molar-refractivity contribution in [3.8, 4) is 0 Å². The molecule has 0 amide bonds. The summed E-state index contributed by atoms with van der Waals surface area (Å²) >= 11 is 0. The summed E-state index contributed by atoms with van der Waals surface area (Å²) in [6.45, 7) is 15.9. The zero-order valence-electron chi connectivity index (χ0n) is 16.0. The fourth-order valence-corrected chi connectivity index (χ4v) is 9.59. The predicted molar refractivity (Wildman–Crippen MR) is 103 cm³/mol. The molecule has 0 radical (unpaired) electrons. The lowest BCUT2D eigenvalue weighted by molar-refractivity contribution is 0.231. The lowest BCUT2D eigenvalue weighted by atomic mass is 10.1. The molecule has 24 heavy (non-hydrogen) atoms. The van der Waals surface area contributed by atoms with E-state index in [4.69, 9.17) is 8.84 Å². The van der Waals surface area contributed by atoms with Gasteiger partial charge in [-0.05, 0) is 40.6 Å². The first-order valence-corrected chi connectivity index (χ1v) is 11.0. The van der Waals surface area contributed by atoms with Crippen molar-refractivity contribution in [2.45, 2.75) is 71.7 Å². The Bertz CT molecular complexity index is 737.